The van der Waals surface area contributed by atoms with Gasteiger partial charge in [0.15, 0.2) is 0 Å². The molecule has 1 aromatic carbocycles. The van der Waals surface area contributed by atoms with Gasteiger partial charge < -0.3 is 9.88 Å². The van der Waals surface area contributed by atoms with Crippen LogP contribution in [0.5, 0.6) is 0 Å². The molecule has 0 spiro atoms. The van der Waals surface area contributed by atoms with Crippen LogP contribution in [0.4, 0.5) is 0 Å². The maximum atomic E-state index is 12.6. The number of H-pyrrole nitrogens is 1. The van der Waals surface area contributed by atoms with Crippen LogP contribution in [0.1, 0.15) is 23.7 Å². The van der Waals surface area contributed by atoms with Gasteiger partial charge in [0, 0.05) is 42.8 Å². The third-order valence-corrected chi connectivity index (χ3v) is 5.12. The van der Waals surface area contributed by atoms with Crippen molar-refractivity contribution in [3.8, 4) is 17.2 Å². The van der Waals surface area contributed by atoms with Gasteiger partial charge in [-0.25, -0.2) is 4.98 Å². The van der Waals surface area contributed by atoms with Crippen molar-refractivity contribution in [1.29, 1.82) is 5.26 Å². The zero-order chi connectivity index (χ0) is 21.8. The van der Waals surface area contributed by atoms with Crippen molar-refractivity contribution in [2.24, 2.45) is 0 Å². The molecule has 4 aromatic rings. The van der Waals surface area contributed by atoms with E-state index in [1.807, 2.05) is 37.5 Å². The SMILES string of the molecule is C/C(=C\N(C)C(=O)Cc1ccc(C#N)cc1)c1cc(-c2cnc3[nH]ccc3c2)ccn1. The maximum Gasteiger partial charge on any atom is 0.230 e. The highest BCUT2D eigenvalue weighted by molar-refractivity contribution is 5.83. The number of hydrogen-bond acceptors (Lipinski definition) is 4. The van der Waals surface area contributed by atoms with Crippen molar-refractivity contribution < 1.29 is 4.79 Å². The number of fused-ring (bicyclic) bond motifs is 1. The molecule has 0 saturated heterocycles. The molecule has 6 heteroatoms. The van der Waals surface area contributed by atoms with Gasteiger partial charge in [-0.1, -0.05) is 12.1 Å². The fraction of sp³-hybridized carbons (Fsp3) is 0.120. The van der Waals surface area contributed by atoms with E-state index in [4.69, 9.17) is 5.26 Å². The number of rotatable bonds is 5. The zero-order valence-corrected chi connectivity index (χ0v) is 17.3. The van der Waals surface area contributed by atoms with Crippen LogP contribution in [0.15, 0.2) is 73.3 Å². The lowest BCUT2D eigenvalue weighted by Gasteiger charge is -2.14. The Kier molecular flexibility index (Phi) is 5.59. The first-order chi connectivity index (χ1) is 15.0. The minimum Gasteiger partial charge on any atom is -0.346 e. The maximum absolute atomic E-state index is 12.6. The Morgan fingerprint density at radius 2 is 1.94 bits per heavy atom. The first-order valence-corrected chi connectivity index (χ1v) is 9.86. The molecule has 0 bridgehead atoms. The lowest BCUT2D eigenvalue weighted by atomic mass is 10.1. The highest BCUT2D eigenvalue weighted by Gasteiger charge is 2.10. The molecule has 6 nitrogen and oxygen atoms in total. The number of aromatic nitrogens is 3. The van der Waals surface area contributed by atoms with Gasteiger partial charge in [-0.05, 0) is 60.0 Å². The minimum atomic E-state index is -0.0395. The van der Waals surface area contributed by atoms with E-state index in [0.29, 0.717) is 5.56 Å². The number of carbonyl (C=O) groups is 1. The molecule has 31 heavy (non-hydrogen) atoms. The first-order valence-electron chi connectivity index (χ1n) is 9.86. The van der Waals surface area contributed by atoms with Gasteiger partial charge in [0.25, 0.3) is 0 Å². The Balaban J connectivity index is 1.51. The van der Waals surface area contributed by atoms with Crippen molar-refractivity contribution in [1.82, 2.24) is 19.9 Å². The third kappa shape index (κ3) is 4.51. The van der Waals surface area contributed by atoms with Crippen molar-refractivity contribution in [3.63, 3.8) is 0 Å². The topological polar surface area (TPSA) is 85.7 Å². The van der Waals surface area contributed by atoms with Crippen molar-refractivity contribution in [3.05, 3.63) is 90.1 Å². The summed E-state index contributed by atoms with van der Waals surface area (Å²) in [4.78, 5) is 26.2. The quantitative estimate of drug-likeness (QED) is 0.526. The van der Waals surface area contributed by atoms with E-state index >= 15 is 0 Å². The van der Waals surface area contributed by atoms with Crippen molar-refractivity contribution >= 4 is 22.5 Å². The van der Waals surface area contributed by atoms with Gasteiger partial charge in [0.2, 0.25) is 5.91 Å². The number of nitrogens with one attached hydrogen (secondary N) is 1. The molecule has 0 radical (unpaired) electrons. The monoisotopic (exact) mass is 407 g/mol. The van der Waals surface area contributed by atoms with Crippen LogP contribution >= 0.6 is 0 Å². The number of benzene rings is 1. The number of nitriles is 1. The molecular formula is C25H21N5O. The smallest absolute Gasteiger partial charge is 0.230 e. The number of pyridine rings is 2. The molecule has 1 N–H and O–H groups in total. The van der Waals surface area contributed by atoms with E-state index in [9.17, 15) is 4.79 Å². The molecule has 4 rings (SSSR count). The Morgan fingerprint density at radius 1 is 1.13 bits per heavy atom. The Bertz CT molecular complexity index is 1310. The number of allylic oxidation sites excluding steroid dienone is 1. The van der Waals surface area contributed by atoms with Gasteiger partial charge in [0.05, 0.1) is 23.7 Å². The lowest BCUT2D eigenvalue weighted by molar-refractivity contribution is -0.126. The van der Waals surface area contributed by atoms with E-state index in [-0.39, 0.29) is 12.3 Å². The molecule has 0 fully saturated rings. The molecule has 3 heterocycles. The third-order valence-electron chi connectivity index (χ3n) is 5.12. The summed E-state index contributed by atoms with van der Waals surface area (Å²) in [7, 11) is 1.74. The molecule has 0 unspecified atom stereocenters. The normalized spacial score (nSPS) is 11.3. The van der Waals surface area contributed by atoms with Crippen LogP contribution in [0.25, 0.3) is 27.7 Å². The second-order valence-corrected chi connectivity index (χ2v) is 7.37. The second kappa shape index (κ2) is 8.64. The molecule has 0 saturated carbocycles. The average Bonchev–Trinajstić information content (AvgIpc) is 3.27. The van der Waals surface area contributed by atoms with Crippen molar-refractivity contribution in [2.75, 3.05) is 7.05 Å². The van der Waals surface area contributed by atoms with E-state index in [1.54, 1.807) is 48.6 Å². The van der Waals surface area contributed by atoms with Gasteiger partial charge in [-0.2, -0.15) is 5.26 Å². The predicted molar refractivity (Wildman–Crippen MR) is 121 cm³/mol. The number of carbonyl (C=O) groups excluding carboxylic acids is 1. The van der Waals surface area contributed by atoms with Crippen LogP contribution in [0, 0.1) is 11.3 Å². The number of likely N-dealkylation sites (N-methyl/N-ethyl adjacent to an activating group) is 1. The Morgan fingerprint density at radius 3 is 2.71 bits per heavy atom. The largest absolute Gasteiger partial charge is 0.346 e. The van der Waals surface area contributed by atoms with Crippen LogP contribution in [0.2, 0.25) is 0 Å². The number of hydrogen-bond donors (Lipinski definition) is 1. The number of amides is 1. The summed E-state index contributed by atoms with van der Waals surface area (Å²) in [5.41, 5.74) is 6.01. The molecule has 152 valence electrons. The summed E-state index contributed by atoms with van der Waals surface area (Å²) in [5.74, 6) is -0.0395. The lowest BCUT2D eigenvalue weighted by Crippen LogP contribution is -2.23. The van der Waals surface area contributed by atoms with E-state index in [0.717, 1.165) is 39.0 Å². The zero-order valence-electron chi connectivity index (χ0n) is 17.3. The number of aromatic amines is 1. The summed E-state index contributed by atoms with van der Waals surface area (Å²) in [6.07, 6.45) is 7.54. The Labute approximate surface area is 180 Å². The summed E-state index contributed by atoms with van der Waals surface area (Å²) >= 11 is 0. The van der Waals surface area contributed by atoms with Gasteiger partial charge >= 0.3 is 0 Å². The highest BCUT2D eigenvalue weighted by Crippen LogP contribution is 2.24. The number of nitrogens with zero attached hydrogens (tertiary/aromatic N) is 4. The van der Waals surface area contributed by atoms with Crippen LogP contribution in [-0.4, -0.2) is 32.8 Å². The fourth-order valence-electron chi connectivity index (χ4n) is 3.35. The molecule has 0 aliphatic heterocycles. The second-order valence-electron chi connectivity index (χ2n) is 7.37. The summed E-state index contributed by atoms with van der Waals surface area (Å²) in [6.45, 7) is 1.94. The fourth-order valence-corrected chi connectivity index (χ4v) is 3.35. The van der Waals surface area contributed by atoms with Gasteiger partial charge in [0.1, 0.15) is 5.65 Å². The van der Waals surface area contributed by atoms with E-state index < -0.39 is 0 Å². The summed E-state index contributed by atoms with van der Waals surface area (Å²) < 4.78 is 0. The molecule has 1 amide bonds. The van der Waals surface area contributed by atoms with Crippen molar-refractivity contribution in [2.45, 2.75) is 13.3 Å². The van der Waals surface area contributed by atoms with Crippen LogP contribution in [0.3, 0.4) is 0 Å². The predicted octanol–water partition coefficient (Wildman–Crippen LogP) is 4.56. The molecule has 0 aliphatic carbocycles. The Hall–Kier alpha value is -4.24. The standard InChI is InChI=1S/C25H21N5O/c1-17(16-30(2)24(31)11-18-3-5-19(14-26)6-4-18)23-13-20(7-9-27-23)22-12-21-8-10-28-25(21)29-15-22/h3-10,12-13,15-16H,11H2,1-2H3,(H,28,29)/b17-16+. The van der Waals surface area contributed by atoms with Gasteiger partial charge in [-0.3, -0.25) is 9.78 Å². The first kappa shape index (κ1) is 20.0. The van der Waals surface area contributed by atoms with E-state index in [1.165, 1.54) is 0 Å². The minimum absolute atomic E-state index is 0.0395. The summed E-state index contributed by atoms with van der Waals surface area (Å²) in [5, 5.41) is 9.94. The molecular weight excluding hydrogens is 386 g/mol. The van der Waals surface area contributed by atoms with E-state index in [2.05, 4.69) is 27.1 Å². The average molecular weight is 407 g/mol. The van der Waals surface area contributed by atoms with Crippen LogP contribution in [-0.2, 0) is 11.2 Å². The van der Waals surface area contributed by atoms with Gasteiger partial charge in [-0.15, -0.1) is 0 Å². The summed E-state index contributed by atoms with van der Waals surface area (Å²) in [6, 6.07) is 17.2. The highest BCUT2D eigenvalue weighted by atomic mass is 16.2. The van der Waals surface area contributed by atoms with Crippen LogP contribution < -0.4 is 0 Å². The molecule has 0 atom stereocenters. The molecule has 3 aromatic heterocycles. The molecule has 0 aliphatic rings.